The number of hydrogen-bond acceptors (Lipinski definition) is 3. The predicted molar refractivity (Wildman–Crippen MR) is 98.3 cm³/mol. The molecule has 1 aromatic carbocycles. The van der Waals surface area contributed by atoms with Crippen molar-refractivity contribution in [2.75, 3.05) is 5.32 Å². The third-order valence-corrected chi connectivity index (χ3v) is 4.99. The van der Waals surface area contributed by atoms with E-state index in [1.807, 2.05) is 12.1 Å². The summed E-state index contributed by atoms with van der Waals surface area (Å²) in [5, 5.41) is 7.16. The summed E-state index contributed by atoms with van der Waals surface area (Å²) in [6.45, 7) is 0. The molecule has 0 radical (unpaired) electrons. The van der Waals surface area contributed by atoms with E-state index in [0.717, 1.165) is 12.8 Å². The summed E-state index contributed by atoms with van der Waals surface area (Å²) in [6.07, 6.45) is 8.94. The third kappa shape index (κ3) is 4.19. The summed E-state index contributed by atoms with van der Waals surface area (Å²) in [7, 11) is 0. The first kappa shape index (κ1) is 17.1. The molecule has 1 aliphatic carbocycles. The van der Waals surface area contributed by atoms with Gasteiger partial charge in [-0.2, -0.15) is 0 Å². The Hall–Kier alpha value is -1.78. The van der Waals surface area contributed by atoms with Crippen LogP contribution in [0.3, 0.4) is 0 Å². The molecule has 0 saturated heterocycles. The van der Waals surface area contributed by atoms with Crippen LogP contribution in [0.1, 0.15) is 42.5 Å². The second-order valence-corrected chi connectivity index (χ2v) is 6.78. The highest BCUT2D eigenvalue weighted by Gasteiger charge is 2.17. The topological polar surface area (TPSA) is 54.0 Å². The van der Waals surface area contributed by atoms with Crippen LogP contribution in [0.15, 0.2) is 36.7 Å². The van der Waals surface area contributed by atoms with Crippen molar-refractivity contribution in [1.29, 1.82) is 0 Å². The maximum Gasteiger partial charge on any atom is 0.253 e. The van der Waals surface area contributed by atoms with Gasteiger partial charge in [-0.25, -0.2) is 0 Å². The van der Waals surface area contributed by atoms with E-state index in [1.165, 1.54) is 19.3 Å². The van der Waals surface area contributed by atoms with Gasteiger partial charge in [0.05, 0.1) is 33.2 Å². The minimum Gasteiger partial charge on any atom is -0.353 e. The minimum atomic E-state index is -0.0877. The van der Waals surface area contributed by atoms with Crippen LogP contribution in [-0.2, 0) is 0 Å². The average Bonchev–Trinajstić information content (AvgIpc) is 2.60. The lowest BCUT2D eigenvalue weighted by Gasteiger charge is -2.22. The van der Waals surface area contributed by atoms with Crippen molar-refractivity contribution < 1.29 is 4.79 Å². The molecule has 1 saturated carbocycles. The van der Waals surface area contributed by atoms with Gasteiger partial charge in [-0.15, -0.1) is 0 Å². The molecule has 0 unspecified atom stereocenters. The Labute approximate surface area is 151 Å². The number of anilines is 2. The molecule has 1 fully saturated rings. The standard InChI is InChI=1S/C18H19Cl2N3O/c19-15-7-4-8-16(17(15)20)22-14-9-12(10-21-11-14)18(24)23-13-5-2-1-3-6-13/h4,7-11,13,22H,1-3,5-6H2,(H,23,24). The van der Waals surface area contributed by atoms with Gasteiger partial charge in [0.25, 0.3) is 5.91 Å². The number of aromatic nitrogens is 1. The molecule has 2 aromatic rings. The molecule has 24 heavy (non-hydrogen) atoms. The number of rotatable bonds is 4. The highest BCUT2D eigenvalue weighted by Crippen LogP contribution is 2.31. The van der Waals surface area contributed by atoms with E-state index in [0.29, 0.717) is 27.0 Å². The fraction of sp³-hybridized carbons (Fsp3) is 0.333. The maximum atomic E-state index is 12.4. The van der Waals surface area contributed by atoms with Crippen molar-refractivity contribution >= 4 is 40.5 Å². The van der Waals surface area contributed by atoms with Crippen LogP contribution < -0.4 is 10.6 Å². The Morgan fingerprint density at radius 2 is 1.92 bits per heavy atom. The molecule has 1 amide bonds. The summed E-state index contributed by atoms with van der Waals surface area (Å²) in [6, 6.07) is 7.39. The highest BCUT2D eigenvalue weighted by atomic mass is 35.5. The van der Waals surface area contributed by atoms with Gasteiger partial charge in [0.2, 0.25) is 0 Å². The van der Waals surface area contributed by atoms with E-state index in [9.17, 15) is 4.79 Å². The van der Waals surface area contributed by atoms with Crippen LogP contribution in [0, 0.1) is 0 Å². The number of carbonyl (C=O) groups excluding carboxylic acids is 1. The number of halogens is 2. The van der Waals surface area contributed by atoms with Crippen molar-refractivity contribution in [2.24, 2.45) is 0 Å². The third-order valence-electron chi connectivity index (χ3n) is 4.17. The van der Waals surface area contributed by atoms with Gasteiger partial charge in [-0.05, 0) is 31.0 Å². The summed E-state index contributed by atoms with van der Waals surface area (Å²) >= 11 is 12.2. The molecule has 0 aliphatic heterocycles. The second kappa shape index (κ2) is 7.86. The zero-order valence-electron chi connectivity index (χ0n) is 13.2. The number of benzene rings is 1. The first-order chi connectivity index (χ1) is 11.6. The zero-order chi connectivity index (χ0) is 16.9. The molecule has 1 aromatic heterocycles. The SMILES string of the molecule is O=C(NC1CCCCC1)c1cncc(Nc2cccc(Cl)c2Cl)c1. The molecule has 4 nitrogen and oxygen atoms in total. The Balaban J connectivity index is 1.71. The molecule has 3 rings (SSSR count). The van der Waals surface area contributed by atoms with E-state index < -0.39 is 0 Å². The number of nitrogens with zero attached hydrogens (tertiary/aromatic N) is 1. The highest BCUT2D eigenvalue weighted by molar-refractivity contribution is 6.43. The van der Waals surface area contributed by atoms with Crippen molar-refractivity contribution in [1.82, 2.24) is 10.3 Å². The zero-order valence-corrected chi connectivity index (χ0v) is 14.7. The van der Waals surface area contributed by atoms with Crippen LogP contribution in [0.2, 0.25) is 10.0 Å². The first-order valence-corrected chi connectivity index (χ1v) is 8.86. The Bertz CT molecular complexity index is 730. The normalized spacial score (nSPS) is 15.1. The molecule has 1 heterocycles. The van der Waals surface area contributed by atoms with E-state index in [-0.39, 0.29) is 11.9 Å². The molecular weight excluding hydrogens is 345 g/mol. The van der Waals surface area contributed by atoms with Gasteiger partial charge in [-0.3, -0.25) is 9.78 Å². The lowest BCUT2D eigenvalue weighted by Crippen LogP contribution is -2.36. The van der Waals surface area contributed by atoms with Crippen LogP contribution in [0.25, 0.3) is 0 Å². The summed E-state index contributed by atoms with van der Waals surface area (Å²) in [5.74, 6) is -0.0877. The maximum absolute atomic E-state index is 12.4. The molecule has 6 heteroatoms. The minimum absolute atomic E-state index is 0.0877. The van der Waals surface area contributed by atoms with E-state index >= 15 is 0 Å². The van der Waals surface area contributed by atoms with Gasteiger partial charge in [0.15, 0.2) is 0 Å². The average molecular weight is 364 g/mol. The van der Waals surface area contributed by atoms with Gasteiger partial charge < -0.3 is 10.6 Å². The van der Waals surface area contributed by atoms with Gasteiger partial charge >= 0.3 is 0 Å². The number of nitrogens with one attached hydrogen (secondary N) is 2. The second-order valence-electron chi connectivity index (χ2n) is 6.00. The van der Waals surface area contributed by atoms with Crippen molar-refractivity contribution in [2.45, 2.75) is 38.1 Å². The fourth-order valence-electron chi connectivity index (χ4n) is 2.90. The lowest BCUT2D eigenvalue weighted by molar-refractivity contribution is 0.0927. The molecule has 126 valence electrons. The molecular formula is C18H19Cl2N3O. The van der Waals surface area contributed by atoms with Gasteiger partial charge in [-0.1, -0.05) is 48.5 Å². The molecule has 1 aliphatic rings. The predicted octanol–water partition coefficient (Wildman–Crippen LogP) is 5.19. The molecule has 2 N–H and O–H groups in total. The number of hydrogen-bond donors (Lipinski definition) is 2. The summed E-state index contributed by atoms with van der Waals surface area (Å²) in [5.41, 5.74) is 1.90. The number of carbonyl (C=O) groups is 1. The van der Waals surface area contributed by atoms with Crippen molar-refractivity contribution in [3.63, 3.8) is 0 Å². The first-order valence-electron chi connectivity index (χ1n) is 8.10. The van der Waals surface area contributed by atoms with E-state index in [2.05, 4.69) is 15.6 Å². The van der Waals surface area contributed by atoms with Crippen molar-refractivity contribution in [3.05, 3.63) is 52.3 Å². The Kier molecular flexibility index (Phi) is 5.59. The molecule has 0 atom stereocenters. The van der Waals surface area contributed by atoms with Gasteiger partial charge in [0.1, 0.15) is 0 Å². The summed E-state index contributed by atoms with van der Waals surface area (Å²) in [4.78, 5) is 16.6. The molecule has 0 bridgehead atoms. The lowest BCUT2D eigenvalue weighted by atomic mass is 9.95. The number of pyridine rings is 1. The van der Waals surface area contributed by atoms with Crippen LogP contribution >= 0.6 is 23.2 Å². The van der Waals surface area contributed by atoms with Crippen LogP contribution in [0.5, 0.6) is 0 Å². The largest absolute Gasteiger partial charge is 0.353 e. The summed E-state index contributed by atoms with van der Waals surface area (Å²) < 4.78 is 0. The Morgan fingerprint density at radius 1 is 1.12 bits per heavy atom. The smallest absolute Gasteiger partial charge is 0.253 e. The van der Waals surface area contributed by atoms with E-state index in [1.54, 1.807) is 24.5 Å². The van der Waals surface area contributed by atoms with E-state index in [4.69, 9.17) is 23.2 Å². The fourth-order valence-corrected chi connectivity index (χ4v) is 3.25. The molecule has 0 spiro atoms. The number of amides is 1. The quantitative estimate of drug-likeness (QED) is 0.785. The monoisotopic (exact) mass is 363 g/mol. The Morgan fingerprint density at radius 3 is 2.71 bits per heavy atom. The van der Waals surface area contributed by atoms with Crippen LogP contribution in [-0.4, -0.2) is 16.9 Å². The van der Waals surface area contributed by atoms with Gasteiger partial charge in [0, 0.05) is 12.2 Å². The van der Waals surface area contributed by atoms with Crippen LogP contribution in [0.4, 0.5) is 11.4 Å². The van der Waals surface area contributed by atoms with Crippen molar-refractivity contribution in [3.8, 4) is 0 Å².